The molecule has 0 saturated carbocycles. The first-order valence-corrected chi connectivity index (χ1v) is 5.22. The lowest BCUT2D eigenvalue weighted by Gasteiger charge is -1.93. The van der Waals surface area contributed by atoms with Crippen molar-refractivity contribution in [2.75, 3.05) is 0 Å². The van der Waals surface area contributed by atoms with Crippen LogP contribution in [0.15, 0.2) is 4.60 Å². The molecule has 2 aromatic heterocycles. The van der Waals surface area contributed by atoms with Crippen LogP contribution in [0, 0.1) is 0 Å². The average molecular weight is 281 g/mol. The Morgan fingerprint density at radius 1 is 1.38 bits per heavy atom. The van der Waals surface area contributed by atoms with Crippen molar-refractivity contribution in [3.63, 3.8) is 0 Å². The first kappa shape index (κ1) is 9.04. The predicted molar refractivity (Wildman–Crippen MR) is 52.6 cm³/mol. The van der Waals surface area contributed by atoms with Gasteiger partial charge in [-0.3, -0.25) is 0 Å². The van der Waals surface area contributed by atoms with Gasteiger partial charge in [0.25, 0.3) is 0 Å². The van der Waals surface area contributed by atoms with Gasteiger partial charge in [0.2, 0.25) is 4.47 Å². The van der Waals surface area contributed by atoms with Gasteiger partial charge in [0, 0.05) is 7.05 Å². The van der Waals surface area contributed by atoms with Crippen LogP contribution in [-0.2, 0) is 7.05 Å². The van der Waals surface area contributed by atoms with Gasteiger partial charge >= 0.3 is 0 Å². The van der Waals surface area contributed by atoms with Crippen LogP contribution in [0.3, 0.4) is 0 Å². The number of aryl methyl sites for hydroxylation is 1. The fraction of sp³-hybridized carbons (Fsp3) is 0.200. The lowest BCUT2D eigenvalue weighted by atomic mass is 10.5. The largest absolute Gasteiger partial charge is 0.244 e. The van der Waals surface area contributed by atoms with E-state index < -0.39 is 0 Å². The Morgan fingerprint density at radius 2 is 2.15 bits per heavy atom. The molecule has 0 unspecified atom stereocenters. The van der Waals surface area contributed by atoms with Crippen LogP contribution >= 0.6 is 38.9 Å². The zero-order chi connectivity index (χ0) is 9.42. The summed E-state index contributed by atoms with van der Waals surface area (Å²) in [6.07, 6.45) is 0. The van der Waals surface area contributed by atoms with Gasteiger partial charge in [-0.1, -0.05) is 16.6 Å². The fourth-order valence-corrected chi connectivity index (χ4v) is 2.41. The Morgan fingerprint density at radius 3 is 2.62 bits per heavy atom. The third-order valence-electron chi connectivity index (χ3n) is 1.39. The molecule has 0 spiro atoms. The highest BCUT2D eigenvalue weighted by molar-refractivity contribution is 9.10. The minimum atomic E-state index is 0.406. The molecule has 0 amide bonds. The Hall–Kier alpha value is -0.530. The minimum absolute atomic E-state index is 0.406. The van der Waals surface area contributed by atoms with E-state index in [4.69, 9.17) is 11.6 Å². The molecule has 68 valence electrons. The standard InChI is InChI=1S/C5H3BrClN5S/c1-12-2(3(6)8-11-12)4-9-10-5(7)13-4/h1H3. The van der Waals surface area contributed by atoms with Crippen LogP contribution in [0.5, 0.6) is 0 Å². The maximum absolute atomic E-state index is 5.66. The number of aromatic nitrogens is 5. The van der Waals surface area contributed by atoms with Crippen molar-refractivity contribution in [3.05, 3.63) is 9.07 Å². The third kappa shape index (κ3) is 1.59. The van der Waals surface area contributed by atoms with Crippen molar-refractivity contribution in [1.82, 2.24) is 25.2 Å². The molecule has 0 atom stereocenters. The van der Waals surface area contributed by atoms with E-state index >= 15 is 0 Å². The number of rotatable bonds is 1. The van der Waals surface area contributed by atoms with Crippen LogP contribution in [-0.4, -0.2) is 25.2 Å². The van der Waals surface area contributed by atoms with Gasteiger partial charge in [-0.15, -0.1) is 15.3 Å². The Bertz CT molecular complexity index is 418. The van der Waals surface area contributed by atoms with Crippen LogP contribution in [0.2, 0.25) is 4.47 Å². The van der Waals surface area contributed by atoms with Gasteiger partial charge in [-0.25, -0.2) is 4.68 Å². The maximum atomic E-state index is 5.66. The monoisotopic (exact) mass is 279 g/mol. The second kappa shape index (κ2) is 3.32. The molecule has 0 bridgehead atoms. The second-order valence-corrected chi connectivity index (χ2v) is 4.52. The Kier molecular flexibility index (Phi) is 2.31. The van der Waals surface area contributed by atoms with E-state index in [-0.39, 0.29) is 0 Å². The first-order chi connectivity index (χ1) is 6.18. The van der Waals surface area contributed by atoms with Crippen LogP contribution < -0.4 is 0 Å². The van der Waals surface area contributed by atoms with Gasteiger partial charge in [-0.2, -0.15) is 0 Å². The van der Waals surface area contributed by atoms with Crippen molar-refractivity contribution in [3.8, 4) is 10.7 Å². The van der Waals surface area contributed by atoms with E-state index in [1.165, 1.54) is 11.3 Å². The SMILES string of the molecule is Cn1nnc(Br)c1-c1nnc(Cl)s1. The summed E-state index contributed by atoms with van der Waals surface area (Å²) < 4.78 is 2.66. The van der Waals surface area contributed by atoms with Crippen molar-refractivity contribution in [2.24, 2.45) is 7.05 Å². The predicted octanol–water partition coefficient (Wildman–Crippen LogP) is 1.75. The van der Waals surface area contributed by atoms with Crippen molar-refractivity contribution >= 4 is 38.9 Å². The highest BCUT2D eigenvalue weighted by Crippen LogP contribution is 2.29. The quantitative estimate of drug-likeness (QED) is 0.798. The summed E-state index contributed by atoms with van der Waals surface area (Å²) in [4.78, 5) is 0. The molecule has 0 fully saturated rings. The number of halogens is 2. The molecule has 0 aliphatic carbocycles. The zero-order valence-corrected chi connectivity index (χ0v) is 9.56. The molecule has 2 rings (SSSR count). The summed E-state index contributed by atoms with van der Waals surface area (Å²) in [5.41, 5.74) is 0.782. The lowest BCUT2D eigenvalue weighted by molar-refractivity contribution is 0.719. The molecule has 13 heavy (non-hydrogen) atoms. The van der Waals surface area contributed by atoms with Gasteiger partial charge in [0.1, 0.15) is 5.69 Å². The highest BCUT2D eigenvalue weighted by atomic mass is 79.9. The lowest BCUT2D eigenvalue weighted by Crippen LogP contribution is -1.93. The van der Waals surface area contributed by atoms with Gasteiger partial charge < -0.3 is 0 Å². The van der Waals surface area contributed by atoms with Gasteiger partial charge in [-0.05, 0) is 27.5 Å². The molecule has 5 nitrogen and oxygen atoms in total. The van der Waals surface area contributed by atoms with Crippen LogP contribution in [0.1, 0.15) is 0 Å². The number of nitrogens with zero attached hydrogens (tertiary/aromatic N) is 5. The molecule has 0 saturated heterocycles. The molecular weight excluding hydrogens is 278 g/mol. The van der Waals surface area contributed by atoms with Crippen molar-refractivity contribution in [2.45, 2.75) is 0 Å². The van der Waals surface area contributed by atoms with E-state index in [1.807, 2.05) is 0 Å². The smallest absolute Gasteiger partial charge is 0.207 e. The summed E-state index contributed by atoms with van der Waals surface area (Å²) in [6, 6.07) is 0. The summed E-state index contributed by atoms with van der Waals surface area (Å²) in [5, 5.41) is 15.9. The molecule has 0 aromatic carbocycles. The average Bonchev–Trinajstić information content (AvgIpc) is 2.60. The zero-order valence-electron chi connectivity index (χ0n) is 6.40. The topological polar surface area (TPSA) is 56.5 Å². The summed E-state index contributed by atoms with van der Waals surface area (Å²) in [6.45, 7) is 0. The van der Waals surface area contributed by atoms with E-state index in [0.717, 1.165) is 5.69 Å². The van der Waals surface area contributed by atoms with Crippen molar-refractivity contribution in [1.29, 1.82) is 0 Å². The van der Waals surface area contributed by atoms with Crippen LogP contribution in [0.25, 0.3) is 10.7 Å². The first-order valence-electron chi connectivity index (χ1n) is 3.23. The molecule has 0 aliphatic rings. The summed E-state index contributed by atoms with van der Waals surface area (Å²) >= 11 is 10.2. The number of hydrogen-bond donors (Lipinski definition) is 0. The van der Waals surface area contributed by atoms with E-state index in [0.29, 0.717) is 14.1 Å². The fourth-order valence-electron chi connectivity index (χ4n) is 0.860. The summed E-state index contributed by atoms with van der Waals surface area (Å²) in [7, 11) is 1.78. The number of hydrogen-bond acceptors (Lipinski definition) is 5. The Labute approximate surface area is 90.9 Å². The molecule has 0 N–H and O–H groups in total. The molecule has 0 radical (unpaired) electrons. The second-order valence-electron chi connectivity index (χ2n) is 2.21. The van der Waals surface area contributed by atoms with Gasteiger partial charge in [0.15, 0.2) is 9.61 Å². The molecule has 8 heteroatoms. The van der Waals surface area contributed by atoms with Crippen LogP contribution in [0.4, 0.5) is 0 Å². The Balaban J connectivity index is 2.57. The van der Waals surface area contributed by atoms with E-state index in [1.54, 1.807) is 11.7 Å². The highest BCUT2D eigenvalue weighted by Gasteiger charge is 2.14. The van der Waals surface area contributed by atoms with Gasteiger partial charge in [0.05, 0.1) is 0 Å². The summed E-state index contributed by atoms with van der Waals surface area (Å²) in [5.74, 6) is 0. The maximum Gasteiger partial charge on any atom is 0.207 e. The normalized spacial score (nSPS) is 10.7. The molecular formula is C5H3BrClN5S. The van der Waals surface area contributed by atoms with Crippen molar-refractivity contribution < 1.29 is 0 Å². The molecule has 2 heterocycles. The van der Waals surface area contributed by atoms with E-state index in [2.05, 4.69) is 36.4 Å². The minimum Gasteiger partial charge on any atom is -0.244 e. The van der Waals surface area contributed by atoms with E-state index in [9.17, 15) is 0 Å². The molecule has 0 aliphatic heterocycles. The molecule has 2 aromatic rings. The third-order valence-corrected chi connectivity index (χ3v) is 2.95.